The van der Waals surface area contributed by atoms with Gasteiger partial charge in [0.25, 0.3) is 0 Å². The van der Waals surface area contributed by atoms with E-state index in [1.165, 1.54) is 26.1 Å². The molecule has 7 heteroatoms. The van der Waals surface area contributed by atoms with Crippen molar-refractivity contribution >= 4 is 11.9 Å². The van der Waals surface area contributed by atoms with Crippen molar-refractivity contribution in [3.8, 4) is 0 Å². The minimum atomic E-state index is -1.58. The maximum Gasteiger partial charge on any atom is 0.328 e. The van der Waals surface area contributed by atoms with Crippen LogP contribution < -0.4 is 5.48 Å². The lowest BCUT2D eigenvalue weighted by atomic mass is 9.64. The van der Waals surface area contributed by atoms with Gasteiger partial charge >= 0.3 is 6.03 Å². The average Bonchev–Trinajstić information content (AvgIpc) is 2.39. The Kier molecular flexibility index (Phi) is 3.32. The molecular weight excluding hydrogens is 250 g/mol. The summed E-state index contributed by atoms with van der Waals surface area (Å²) in [6.07, 6.45) is 1.95. The highest BCUT2D eigenvalue weighted by Crippen LogP contribution is 2.49. The predicted octanol–water partition coefficient (Wildman–Crippen LogP) is -0.0914. The molecule has 3 atom stereocenters. The van der Waals surface area contributed by atoms with Gasteiger partial charge in [-0.1, -0.05) is 6.42 Å². The van der Waals surface area contributed by atoms with Gasteiger partial charge in [-0.2, -0.15) is 5.48 Å². The number of likely N-dealkylation sites (N-methyl/N-ethyl adjacent to an activating group) is 1. The van der Waals surface area contributed by atoms with E-state index in [1.807, 2.05) is 0 Å². The lowest BCUT2D eigenvalue weighted by Crippen LogP contribution is -2.78. The Labute approximate surface area is 112 Å². The first-order chi connectivity index (χ1) is 8.80. The number of imide groups is 1. The Balaban J connectivity index is 2.51. The molecule has 0 aromatic heterocycles. The van der Waals surface area contributed by atoms with Gasteiger partial charge in [0.1, 0.15) is 0 Å². The molecule has 2 N–H and O–H groups in total. The third-order valence-electron chi connectivity index (χ3n) is 4.59. The lowest BCUT2D eigenvalue weighted by Gasteiger charge is -2.59. The summed E-state index contributed by atoms with van der Waals surface area (Å²) in [5.74, 6) is -0.347. The number of rotatable bonds is 2. The third kappa shape index (κ3) is 1.62. The SMILES string of the molecule is CONC1CCC[C@]2(C)C(=O)N(C)C(=O)N(C)[C@]12O. The molecule has 2 rings (SSSR count). The maximum atomic E-state index is 12.4. The molecule has 0 bridgehead atoms. The van der Waals surface area contributed by atoms with Crippen molar-refractivity contribution < 1.29 is 19.5 Å². The Hall–Kier alpha value is -1.18. The number of carbonyl (C=O) groups is 2. The number of fused-ring (bicyclic) bond motifs is 1. The van der Waals surface area contributed by atoms with Gasteiger partial charge in [0, 0.05) is 14.1 Å². The number of hydroxylamine groups is 1. The molecule has 0 spiro atoms. The smallest absolute Gasteiger partial charge is 0.328 e. The van der Waals surface area contributed by atoms with E-state index in [4.69, 9.17) is 4.84 Å². The highest BCUT2D eigenvalue weighted by Gasteiger charge is 2.66. The highest BCUT2D eigenvalue weighted by molar-refractivity contribution is 6.01. The van der Waals surface area contributed by atoms with Gasteiger partial charge in [0.15, 0.2) is 5.72 Å². The van der Waals surface area contributed by atoms with E-state index in [1.54, 1.807) is 6.92 Å². The van der Waals surface area contributed by atoms with Crippen LogP contribution in [0.1, 0.15) is 26.2 Å². The van der Waals surface area contributed by atoms with Gasteiger partial charge in [0.05, 0.1) is 18.6 Å². The molecule has 108 valence electrons. The van der Waals surface area contributed by atoms with Crippen molar-refractivity contribution in [3.05, 3.63) is 0 Å². The van der Waals surface area contributed by atoms with E-state index in [-0.39, 0.29) is 5.91 Å². The Morgan fingerprint density at radius 2 is 2.05 bits per heavy atom. The predicted molar refractivity (Wildman–Crippen MR) is 66.8 cm³/mol. The van der Waals surface area contributed by atoms with Crippen LogP contribution in [0.3, 0.4) is 0 Å². The van der Waals surface area contributed by atoms with Crippen LogP contribution in [0.25, 0.3) is 0 Å². The first kappa shape index (κ1) is 14.2. The largest absolute Gasteiger partial charge is 0.368 e. The van der Waals surface area contributed by atoms with Gasteiger partial charge in [-0.05, 0) is 19.8 Å². The molecule has 1 saturated heterocycles. The quantitative estimate of drug-likeness (QED) is 0.686. The van der Waals surface area contributed by atoms with Crippen molar-refractivity contribution in [1.29, 1.82) is 0 Å². The fourth-order valence-electron chi connectivity index (χ4n) is 3.41. The fourth-order valence-corrected chi connectivity index (χ4v) is 3.41. The first-order valence-electron chi connectivity index (χ1n) is 6.37. The van der Waals surface area contributed by atoms with Gasteiger partial charge in [-0.15, -0.1) is 0 Å². The zero-order chi connectivity index (χ0) is 14.4. The van der Waals surface area contributed by atoms with Crippen LogP contribution in [0.5, 0.6) is 0 Å². The van der Waals surface area contributed by atoms with Crippen molar-refractivity contribution in [2.45, 2.75) is 38.0 Å². The van der Waals surface area contributed by atoms with E-state index >= 15 is 0 Å². The molecule has 1 aliphatic carbocycles. The van der Waals surface area contributed by atoms with Crippen LogP contribution in [-0.4, -0.2) is 59.8 Å². The van der Waals surface area contributed by atoms with E-state index in [9.17, 15) is 14.7 Å². The Morgan fingerprint density at radius 3 is 2.63 bits per heavy atom. The summed E-state index contributed by atoms with van der Waals surface area (Å²) >= 11 is 0. The number of amides is 3. The number of hydrogen-bond acceptors (Lipinski definition) is 5. The number of nitrogens with zero attached hydrogens (tertiary/aromatic N) is 2. The fraction of sp³-hybridized carbons (Fsp3) is 0.833. The molecule has 1 unspecified atom stereocenters. The second-order valence-corrected chi connectivity index (χ2v) is 5.53. The number of aliphatic hydroxyl groups is 1. The molecule has 19 heavy (non-hydrogen) atoms. The highest BCUT2D eigenvalue weighted by atomic mass is 16.6. The monoisotopic (exact) mass is 271 g/mol. The van der Waals surface area contributed by atoms with Crippen LogP contribution in [0.4, 0.5) is 4.79 Å². The maximum absolute atomic E-state index is 12.4. The van der Waals surface area contributed by atoms with Crippen molar-refractivity contribution in [1.82, 2.24) is 15.3 Å². The molecular formula is C12H21N3O4. The summed E-state index contributed by atoms with van der Waals surface area (Å²) in [5, 5.41) is 11.1. The molecule has 1 heterocycles. The van der Waals surface area contributed by atoms with E-state index < -0.39 is 23.2 Å². The van der Waals surface area contributed by atoms with Crippen molar-refractivity contribution in [3.63, 3.8) is 0 Å². The average molecular weight is 271 g/mol. The zero-order valence-corrected chi connectivity index (χ0v) is 11.8. The van der Waals surface area contributed by atoms with E-state index in [0.717, 1.165) is 11.3 Å². The molecule has 0 aromatic carbocycles. The topological polar surface area (TPSA) is 82.1 Å². The lowest BCUT2D eigenvalue weighted by molar-refractivity contribution is -0.234. The summed E-state index contributed by atoms with van der Waals surface area (Å²) in [6.45, 7) is 1.71. The Morgan fingerprint density at radius 1 is 1.42 bits per heavy atom. The molecule has 3 amide bonds. The normalized spacial score (nSPS) is 39.5. The summed E-state index contributed by atoms with van der Waals surface area (Å²) in [6, 6.07) is -1.00. The van der Waals surface area contributed by atoms with Gasteiger partial charge in [0.2, 0.25) is 5.91 Å². The summed E-state index contributed by atoms with van der Waals surface area (Å²) in [4.78, 5) is 31.8. The molecule has 1 saturated carbocycles. The molecule has 1 aliphatic heterocycles. The van der Waals surface area contributed by atoms with Crippen molar-refractivity contribution in [2.24, 2.45) is 5.41 Å². The summed E-state index contributed by atoms with van der Waals surface area (Å²) in [5.41, 5.74) is 0.111. The van der Waals surface area contributed by atoms with E-state index in [2.05, 4.69) is 5.48 Å². The third-order valence-corrected chi connectivity index (χ3v) is 4.59. The first-order valence-corrected chi connectivity index (χ1v) is 6.37. The van der Waals surface area contributed by atoms with Crippen molar-refractivity contribution in [2.75, 3.05) is 21.2 Å². The molecule has 2 fully saturated rings. The zero-order valence-electron chi connectivity index (χ0n) is 11.8. The van der Waals surface area contributed by atoms with Crippen LogP contribution in [0.2, 0.25) is 0 Å². The second kappa shape index (κ2) is 4.43. The van der Waals surface area contributed by atoms with Crippen LogP contribution in [0.15, 0.2) is 0 Å². The van der Waals surface area contributed by atoms with Gasteiger partial charge in [-0.25, -0.2) is 4.79 Å². The second-order valence-electron chi connectivity index (χ2n) is 5.53. The molecule has 0 aromatic rings. The number of urea groups is 1. The van der Waals surface area contributed by atoms with Crippen LogP contribution in [0, 0.1) is 5.41 Å². The number of carbonyl (C=O) groups excluding carboxylic acids is 2. The molecule has 7 nitrogen and oxygen atoms in total. The number of nitrogens with one attached hydrogen (secondary N) is 1. The van der Waals surface area contributed by atoms with Crippen LogP contribution >= 0.6 is 0 Å². The van der Waals surface area contributed by atoms with Gasteiger partial charge in [-0.3, -0.25) is 14.6 Å². The van der Waals surface area contributed by atoms with Crippen LogP contribution in [-0.2, 0) is 9.63 Å². The minimum Gasteiger partial charge on any atom is -0.368 e. The molecule has 0 radical (unpaired) electrons. The summed E-state index contributed by atoms with van der Waals surface area (Å²) < 4.78 is 0. The molecule has 2 aliphatic rings. The van der Waals surface area contributed by atoms with E-state index in [0.29, 0.717) is 12.8 Å². The standard InChI is InChI=1S/C12H21N3O4/c1-11-7-5-6-8(13-19-4)12(11,18)15(3)10(17)14(2)9(11)16/h8,13,18H,5-7H2,1-4H3/t8?,11-,12+/m1/s1. The van der Waals surface area contributed by atoms with Gasteiger partial charge < -0.3 is 9.94 Å². The minimum absolute atomic E-state index is 0.347. The number of hydrogen-bond donors (Lipinski definition) is 2. The Bertz CT molecular complexity index is 414. The summed E-state index contributed by atoms with van der Waals surface area (Å²) in [7, 11) is 4.41.